The van der Waals surface area contributed by atoms with E-state index >= 15 is 0 Å². The van der Waals surface area contributed by atoms with E-state index in [-0.39, 0.29) is 37.5 Å². The Hall–Kier alpha value is -1.82. The average molecular weight is 439 g/mol. The zero-order chi connectivity index (χ0) is 20.9. The number of carbonyl (C=O) groups excluding carboxylic acids is 2. The van der Waals surface area contributed by atoms with Gasteiger partial charge in [0.05, 0.1) is 10.4 Å². The minimum atomic E-state index is -5.04. The SMILES string of the molecule is CN(N)/C=C(\N)[C@@H]1CC2(CCN1C(=O)C(F)(F)F)OCC(=O)c1cc(Cl)sc12. The van der Waals surface area contributed by atoms with Gasteiger partial charge in [0.15, 0.2) is 5.78 Å². The molecule has 2 aliphatic heterocycles. The number of fused-ring (bicyclic) bond motifs is 2. The predicted octanol–water partition coefficient (Wildman–Crippen LogP) is 1.97. The molecule has 1 saturated heterocycles. The summed E-state index contributed by atoms with van der Waals surface area (Å²) in [5, 5.41) is 1.09. The van der Waals surface area contributed by atoms with Gasteiger partial charge in [-0.15, -0.1) is 11.3 Å². The number of rotatable bonds is 2. The lowest BCUT2D eigenvalue weighted by atomic mass is 9.80. The Labute approximate surface area is 167 Å². The van der Waals surface area contributed by atoms with Crippen molar-refractivity contribution < 1.29 is 27.5 Å². The van der Waals surface area contributed by atoms with Crippen LogP contribution in [0.2, 0.25) is 4.34 Å². The highest BCUT2D eigenvalue weighted by molar-refractivity contribution is 7.16. The summed E-state index contributed by atoms with van der Waals surface area (Å²) in [5.74, 6) is 3.30. The Bertz CT molecular complexity index is 842. The summed E-state index contributed by atoms with van der Waals surface area (Å²) in [5.41, 5.74) is 5.32. The van der Waals surface area contributed by atoms with E-state index in [0.29, 0.717) is 19.7 Å². The van der Waals surface area contributed by atoms with E-state index < -0.39 is 23.7 Å². The van der Waals surface area contributed by atoms with Crippen LogP contribution in [0.3, 0.4) is 0 Å². The number of piperidine rings is 1. The monoisotopic (exact) mass is 438 g/mol. The van der Waals surface area contributed by atoms with E-state index in [4.69, 9.17) is 27.9 Å². The number of alkyl halides is 3. The van der Waals surface area contributed by atoms with Gasteiger partial charge in [-0.2, -0.15) is 13.2 Å². The molecule has 3 heterocycles. The first-order valence-electron chi connectivity index (χ1n) is 8.24. The number of ketones is 1. The van der Waals surface area contributed by atoms with E-state index in [9.17, 15) is 22.8 Å². The van der Waals surface area contributed by atoms with Gasteiger partial charge in [0, 0.05) is 42.4 Å². The summed E-state index contributed by atoms with van der Waals surface area (Å²) in [4.78, 5) is 25.3. The van der Waals surface area contributed by atoms with E-state index in [0.717, 1.165) is 16.3 Å². The standard InChI is InChI=1S/C16H18ClF3N4O3S/c1-23(22)6-9(21)10-5-15(2-3-24(10)14(26)16(18,19)20)13-8(4-12(17)28-13)11(25)7-27-15/h4,6,10H,2-3,5,7,21-22H2,1H3/b9-6-/t10-,15?/m0/s1. The second kappa shape index (κ2) is 7.21. The summed E-state index contributed by atoms with van der Waals surface area (Å²) in [6.07, 6.45) is -3.77. The summed E-state index contributed by atoms with van der Waals surface area (Å²) in [6.45, 7) is -0.477. The predicted molar refractivity (Wildman–Crippen MR) is 96.3 cm³/mol. The molecular formula is C16H18ClF3N4O3S. The van der Waals surface area contributed by atoms with Crippen molar-refractivity contribution in [3.05, 3.63) is 32.7 Å². The van der Waals surface area contributed by atoms with Crippen molar-refractivity contribution in [2.75, 3.05) is 20.2 Å². The van der Waals surface area contributed by atoms with Gasteiger partial charge in [0.25, 0.3) is 0 Å². The minimum absolute atomic E-state index is 0.0219. The van der Waals surface area contributed by atoms with Crippen molar-refractivity contribution >= 4 is 34.6 Å². The van der Waals surface area contributed by atoms with Crippen molar-refractivity contribution in [2.45, 2.75) is 30.7 Å². The van der Waals surface area contributed by atoms with Crippen LogP contribution in [-0.4, -0.2) is 54.0 Å². The van der Waals surface area contributed by atoms with Crippen LogP contribution in [0.25, 0.3) is 0 Å². The van der Waals surface area contributed by atoms with Crippen LogP contribution >= 0.6 is 22.9 Å². The fourth-order valence-electron chi connectivity index (χ4n) is 3.60. The summed E-state index contributed by atoms with van der Waals surface area (Å²) < 4.78 is 45.4. The zero-order valence-corrected chi connectivity index (χ0v) is 16.3. The van der Waals surface area contributed by atoms with Crippen molar-refractivity contribution in [1.82, 2.24) is 9.91 Å². The van der Waals surface area contributed by atoms with Crippen LogP contribution in [0.1, 0.15) is 28.1 Å². The molecule has 12 heteroatoms. The fourth-order valence-corrected chi connectivity index (χ4v) is 5.02. The number of hydrogen-bond acceptors (Lipinski definition) is 7. The fraction of sp³-hybridized carbons (Fsp3) is 0.500. The van der Waals surface area contributed by atoms with Crippen LogP contribution in [0.15, 0.2) is 18.0 Å². The van der Waals surface area contributed by atoms with Crippen LogP contribution in [0, 0.1) is 0 Å². The molecule has 1 spiro atoms. The molecule has 154 valence electrons. The van der Waals surface area contributed by atoms with Crippen LogP contribution in [0.5, 0.6) is 0 Å². The largest absolute Gasteiger partial charge is 0.471 e. The molecule has 2 atom stereocenters. The number of nitrogens with zero attached hydrogens (tertiary/aromatic N) is 2. The maximum Gasteiger partial charge on any atom is 0.471 e. The first kappa shape index (κ1) is 20.9. The molecule has 1 aromatic heterocycles. The number of nitrogens with two attached hydrogens (primary N) is 2. The highest BCUT2D eigenvalue weighted by atomic mass is 35.5. The number of amides is 1. The van der Waals surface area contributed by atoms with Gasteiger partial charge in [0.1, 0.15) is 12.2 Å². The highest BCUT2D eigenvalue weighted by Crippen LogP contribution is 2.49. The molecule has 1 amide bonds. The molecule has 0 aliphatic carbocycles. The number of Topliss-reactive ketones (excluding diaryl/α,β-unsaturated/α-hetero) is 1. The highest BCUT2D eigenvalue weighted by Gasteiger charge is 2.53. The molecule has 7 nitrogen and oxygen atoms in total. The van der Waals surface area contributed by atoms with E-state index in [2.05, 4.69) is 0 Å². The molecule has 0 bridgehead atoms. The second-order valence-corrected chi connectivity index (χ2v) is 8.44. The van der Waals surface area contributed by atoms with Crippen LogP contribution in [0.4, 0.5) is 13.2 Å². The van der Waals surface area contributed by atoms with Gasteiger partial charge in [-0.25, -0.2) is 5.84 Å². The Morgan fingerprint density at radius 1 is 1.54 bits per heavy atom. The van der Waals surface area contributed by atoms with E-state index in [1.54, 1.807) is 0 Å². The van der Waals surface area contributed by atoms with Crippen LogP contribution in [-0.2, 0) is 15.1 Å². The number of hydrogen-bond donors (Lipinski definition) is 2. The Kier molecular flexibility index (Phi) is 5.38. The summed E-state index contributed by atoms with van der Waals surface area (Å²) >= 11 is 7.20. The number of hydrazine groups is 1. The molecule has 1 unspecified atom stereocenters. The lowest BCUT2D eigenvalue weighted by Gasteiger charge is -2.47. The van der Waals surface area contributed by atoms with Gasteiger partial charge in [-0.1, -0.05) is 11.6 Å². The Morgan fingerprint density at radius 2 is 2.21 bits per heavy atom. The van der Waals surface area contributed by atoms with Crippen molar-refractivity contribution in [3.63, 3.8) is 0 Å². The summed E-state index contributed by atoms with van der Waals surface area (Å²) in [6, 6.07) is 0.416. The molecule has 4 N–H and O–H groups in total. The Morgan fingerprint density at radius 3 is 2.82 bits per heavy atom. The number of carbonyl (C=O) groups is 2. The molecule has 0 radical (unpaired) electrons. The number of ether oxygens (including phenoxy) is 1. The second-order valence-electron chi connectivity index (χ2n) is 6.76. The topological polar surface area (TPSA) is 102 Å². The third-order valence-electron chi connectivity index (χ3n) is 4.79. The smallest absolute Gasteiger partial charge is 0.399 e. The van der Waals surface area contributed by atoms with Gasteiger partial charge < -0.3 is 20.4 Å². The van der Waals surface area contributed by atoms with Gasteiger partial charge in [-0.05, 0) is 12.5 Å². The molecular weight excluding hydrogens is 421 g/mol. The molecule has 1 aromatic rings. The van der Waals surface area contributed by atoms with Crippen molar-refractivity contribution in [3.8, 4) is 0 Å². The molecule has 2 aliphatic rings. The lowest BCUT2D eigenvalue weighted by Crippen LogP contribution is -2.58. The molecule has 0 saturated carbocycles. The van der Waals surface area contributed by atoms with Gasteiger partial charge >= 0.3 is 12.1 Å². The molecule has 1 fully saturated rings. The maximum absolute atomic E-state index is 13.1. The summed E-state index contributed by atoms with van der Waals surface area (Å²) in [7, 11) is 1.45. The first-order valence-corrected chi connectivity index (χ1v) is 9.43. The van der Waals surface area contributed by atoms with Crippen LogP contribution < -0.4 is 11.6 Å². The Balaban J connectivity index is 2.03. The quantitative estimate of drug-likeness (QED) is 0.540. The molecule has 3 rings (SSSR count). The molecule has 28 heavy (non-hydrogen) atoms. The zero-order valence-electron chi connectivity index (χ0n) is 14.8. The van der Waals surface area contributed by atoms with Gasteiger partial charge in [-0.3, -0.25) is 9.59 Å². The minimum Gasteiger partial charge on any atom is -0.399 e. The first-order chi connectivity index (χ1) is 12.9. The third kappa shape index (κ3) is 3.71. The lowest BCUT2D eigenvalue weighted by molar-refractivity contribution is -0.193. The molecule has 0 aromatic carbocycles. The van der Waals surface area contributed by atoms with E-state index in [1.165, 1.54) is 19.3 Å². The van der Waals surface area contributed by atoms with Crippen molar-refractivity contribution in [2.24, 2.45) is 11.6 Å². The number of likely N-dealkylation sites (tertiary alicyclic amines) is 1. The van der Waals surface area contributed by atoms with E-state index in [1.807, 2.05) is 0 Å². The average Bonchev–Trinajstić information content (AvgIpc) is 3.00. The number of thiophene rings is 1. The van der Waals surface area contributed by atoms with Gasteiger partial charge in [0.2, 0.25) is 0 Å². The maximum atomic E-state index is 13.1. The third-order valence-corrected chi connectivity index (χ3v) is 6.24. The van der Waals surface area contributed by atoms with Crippen molar-refractivity contribution in [1.29, 1.82) is 0 Å². The normalized spacial score (nSPS) is 25.8. The number of halogens is 4.